The van der Waals surface area contributed by atoms with Gasteiger partial charge in [0, 0.05) is 17.3 Å². The molecule has 2 fully saturated rings. The van der Waals surface area contributed by atoms with Crippen LogP contribution in [0.1, 0.15) is 36.0 Å². The average Bonchev–Trinajstić information content (AvgIpc) is 2.82. The Morgan fingerprint density at radius 3 is 2.41 bits per heavy atom. The van der Waals surface area contributed by atoms with Crippen LogP contribution in [-0.4, -0.2) is 48.6 Å². The highest BCUT2D eigenvalue weighted by Gasteiger charge is 2.43. The van der Waals surface area contributed by atoms with Gasteiger partial charge in [-0.2, -0.15) is 11.8 Å². The predicted octanol–water partition coefficient (Wildman–Crippen LogP) is 3.20. The van der Waals surface area contributed by atoms with Crippen molar-refractivity contribution in [2.75, 3.05) is 20.5 Å². The molecule has 0 aromatic heterocycles. The second-order valence-corrected chi connectivity index (χ2v) is 7.11. The van der Waals surface area contributed by atoms with E-state index in [0.717, 1.165) is 25.7 Å². The highest BCUT2D eigenvalue weighted by Crippen LogP contribution is 2.42. The second kappa shape index (κ2) is 6.41. The lowest BCUT2D eigenvalue weighted by Crippen LogP contribution is -2.47. The van der Waals surface area contributed by atoms with Crippen LogP contribution in [0, 0.1) is 0 Å². The molecular weight excluding hydrogens is 298 g/mol. The van der Waals surface area contributed by atoms with Crippen LogP contribution in [0.4, 0.5) is 0 Å². The van der Waals surface area contributed by atoms with E-state index >= 15 is 0 Å². The molecule has 2 saturated heterocycles. The second-order valence-electron chi connectivity index (χ2n) is 5.97. The molecule has 1 aromatic rings. The number of amides is 1. The van der Waals surface area contributed by atoms with Crippen molar-refractivity contribution >= 4 is 17.7 Å². The van der Waals surface area contributed by atoms with E-state index in [0.29, 0.717) is 34.4 Å². The van der Waals surface area contributed by atoms with Crippen molar-refractivity contribution in [1.29, 1.82) is 0 Å². The van der Waals surface area contributed by atoms with Gasteiger partial charge in [-0.05, 0) is 44.1 Å². The monoisotopic (exact) mass is 321 g/mol. The van der Waals surface area contributed by atoms with Crippen LogP contribution in [0.3, 0.4) is 0 Å². The lowest BCUT2D eigenvalue weighted by molar-refractivity contribution is 0.0597. The van der Waals surface area contributed by atoms with Gasteiger partial charge in [0.05, 0.1) is 19.8 Å². The average molecular weight is 321 g/mol. The zero-order valence-corrected chi connectivity index (χ0v) is 14.2. The number of nitrogens with zero attached hydrogens (tertiary/aromatic N) is 1. The minimum atomic E-state index is 0.0859. The zero-order valence-electron chi connectivity index (χ0n) is 13.4. The predicted molar refractivity (Wildman–Crippen MR) is 89.1 cm³/mol. The molecular formula is C17H23NO3S. The molecule has 2 heterocycles. The maximum Gasteiger partial charge on any atom is 0.258 e. The molecule has 0 spiro atoms. The molecule has 2 bridgehead atoms. The Labute approximate surface area is 136 Å². The van der Waals surface area contributed by atoms with E-state index in [1.807, 2.05) is 30.0 Å². The topological polar surface area (TPSA) is 38.8 Å². The number of benzene rings is 1. The Bertz CT molecular complexity index is 549. The number of fused-ring (bicyclic) bond motifs is 2. The SMILES string of the molecule is COc1cccc(C(=O)N2C3CCC2CC(SC)C3)c1OC. The van der Waals surface area contributed by atoms with Crippen LogP contribution in [0.15, 0.2) is 18.2 Å². The highest BCUT2D eigenvalue weighted by atomic mass is 32.2. The third-order valence-corrected chi connectivity index (χ3v) is 5.94. The summed E-state index contributed by atoms with van der Waals surface area (Å²) >= 11 is 1.93. The van der Waals surface area contributed by atoms with Crippen LogP contribution in [0.5, 0.6) is 11.5 Å². The van der Waals surface area contributed by atoms with E-state index in [2.05, 4.69) is 11.2 Å². The van der Waals surface area contributed by atoms with E-state index in [-0.39, 0.29) is 5.91 Å². The molecule has 2 aliphatic rings. The standard InChI is InChI=1S/C17H23NO3S/c1-20-15-6-4-5-14(16(15)21-2)17(19)18-11-7-8-12(18)10-13(9-11)22-3/h4-6,11-13H,7-10H2,1-3H3. The molecule has 1 aromatic carbocycles. The molecule has 0 saturated carbocycles. The lowest BCUT2D eigenvalue weighted by atomic mass is 10.0. The molecule has 120 valence electrons. The van der Waals surface area contributed by atoms with Crippen LogP contribution in [0.25, 0.3) is 0 Å². The number of hydrogen-bond acceptors (Lipinski definition) is 4. The van der Waals surface area contributed by atoms with E-state index in [4.69, 9.17) is 9.47 Å². The first-order chi connectivity index (χ1) is 10.7. The first kappa shape index (κ1) is 15.5. The molecule has 2 atom stereocenters. The van der Waals surface area contributed by atoms with Crippen molar-refractivity contribution in [3.63, 3.8) is 0 Å². The van der Waals surface area contributed by atoms with Gasteiger partial charge < -0.3 is 14.4 Å². The molecule has 2 aliphatic heterocycles. The molecule has 1 amide bonds. The van der Waals surface area contributed by atoms with Gasteiger partial charge in [0.1, 0.15) is 0 Å². The molecule has 3 rings (SSSR count). The zero-order chi connectivity index (χ0) is 15.7. The summed E-state index contributed by atoms with van der Waals surface area (Å²) < 4.78 is 10.8. The fourth-order valence-corrected chi connectivity index (χ4v) is 4.67. The van der Waals surface area contributed by atoms with Gasteiger partial charge in [0.25, 0.3) is 5.91 Å². The van der Waals surface area contributed by atoms with Gasteiger partial charge in [0.2, 0.25) is 0 Å². The number of methoxy groups -OCH3 is 2. The molecule has 0 aliphatic carbocycles. The smallest absolute Gasteiger partial charge is 0.258 e. The van der Waals surface area contributed by atoms with Gasteiger partial charge >= 0.3 is 0 Å². The van der Waals surface area contributed by atoms with Gasteiger partial charge in [-0.15, -0.1) is 0 Å². The van der Waals surface area contributed by atoms with Crippen molar-refractivity contribution < 1.29 is 14.3 Å². The Kier molecular flexibility index (Phi) is 4.52. The number of ether oxygens (including phenoxy) is 2. The number of hydrogen-bond donors (Lipinski definition) is 0. The van der Waals surface area contributed by atoms with Crippen LogP contribution >= 0.6 is 11.8 Å². The van der Waals surface area contributed by atoms with Crippen molar-refractivity contribution in [3.05, 3.63) is 23.8 Å². The quantitative estimate of drug-likeness (QED) is 0.853. The fourth-order valence-electron chi connectivity index (χ4n) is 3.85. The van der Waals surface area contributed by atoms with Gasteiger partial charge in [-0.25, -0.2) is 0 Å². The first-order valence-electron chi connectivity index (χ1n) is 7.76. The Morgan fingerprint density at radius 1 is 1.18 bits per heavy atom. The molecule has 0 radical (unpaired) electrons. The van der Waals surface area contributed by atoms with E-state index in [9.17, 15) is 4.79 Å². The minimum Gasteiger partial charge on any atom is -0.493 e. The molecule has 0 N–H and O–H groups in total. The summed E-state index contributed by atoms with van der Waals surface area (Å²) in [6.45, 7) is 0. The largest absolute Gasteiger partial charge is 0.493 e. The van der Waals surface area contributed by atoms with E-state index < -0.39 is 0 Å². The maximum absolute atomic E-state index is 13.1. The van der Waals surface area contributed by atoms with Crippen molar-refractivity contribution in [3.8, 4) is 11.5 Å². The van der Waals surface area contributed by atoms with Crippen molar-refractivity contribution in [1.82, 2.24) is 4.90 Å². The lowest BCUT2D eigenvalue weighted by Gasteiger charge is -2.38. The molecule has 22 heavy (non-hydrogen) atoms. The Morgan fingerprint density at radius 2 is 1.86 bits per heavy atom. The summed E-state index contributed by atoms with van der Waals surface area (Å²) in [5.74, 6) is 1.24. The Balaban J connectivity index is 1.89. The number of thioether (sulfide) groups is 1. The van der Waals surface area contributed by atoms with Gasteiger partial charge in [0.15, 0.2) is 11.5 Å². The summed E-state index contributed by atoms with van der Waals surface area (Å²) in [7, 11) is 3.18. The third kappa shape index (κ3) is 2.56. The number of rotatable bonds is 4. The highest BCUT2D eigenvalue weighted by molar-refractivity contribution is 7.99. The number of carbonyl (C=O) groups is 1. The minimum absolute atomic E-state index is 0.0859. The van der Waals surface area contributed by atoms with Crippen molar-refractivity contribution in [2.45, 2.75) is 43.0 Å². The normalized spacial score (nSPS) is 26.9. The molecule has 5 heteroatoms. The summed E-state index contributed by atoms with van der Waals surface area (Å²) in [5.41, 5.74) is 0.612. The van der Waals surface area contributed by atoms with E-state index in [1.165, 1.54) is 0 Å². The van der Waals surface area contributed by atoms with Crippen LogP contribution in [-0.2, 0) is 0 Å². The third-order valence-electron chi connectivity index (χ3n) is 4.89. The number of carbonyl (C=O) groups excluding carboxylic acids is 1. The van der Waals surface area contributed by atoms with Crippen molar-refractivity contribution in [2.24, 2.45) is 0 Å². The summed E-state index contributed by atoms with van der Waals surface area (Å²) in [6, 6.07) is 6.26. The fraction of sp³-hybridized carbons (Fsp3) is 0.588. The number of para-hydroxylation sites is 1. The van der Waals surface area contributed by atoms with Gasteiger partial charge in [-0.3, -0.25) is 4.79 Å². The van der Waals surface area contributed by atoms with E-state index in [1.54, 1.807) is 14.2 Å². The van der Waals surface area contributed by atoms with Crippen LogP contribution in [0.2, 0.25) is 0 Å². The summed E-state index contributed by atoms with van der Waals surface area (Å²) in [6.07, 6.45) is 6.64. The molecule has 4 nitrogen and oxygen atoms in total. The van der Waals surface area contributed by atoms with Gasteiger partial charge in [-0.1, -0.05) is 6.07 Å². The first-order valence-corrected chi connectivity index (χ1v) is 9.04. The maximum atomic E-state index is 13.1. The van der Waals surface area contributed by atoms with Crippen LogP contribution < -0.4 is 9.47 Å². The summed E-state index contributed by atoms with van der Waals surface area (Å²) in [5, 5.41) is 0.689. The number of piperidine rings is 1. The molecule has 2 unspecified atom stereocenters. The Hall–Kier alpha value is -1.36. The summed E-state index contributed by atoms with van der Waals surface area (Å²) in [4.78, 5) is 15.2.